The van der Waals surface area contributed by atoms with Crippen molar-refractivity contribution < 1.29 is 23.5 Å². The van der Waals surface area contributed by atoms with Crippen molar-refractivity contribution in [1.29, 1.82) is 0 Å². The van der Waals surface area contributed by atoms with Crippen LogP contribution in [0.2, 0.25) is 0 Å². The Morgan fingerprint density at radius 3 is 2.48 bits per heavy atom. The molecule has 0 saturated carbocycles. The largest absolute Gasteiger partial charge is 0.489 e. The van der Waals surface area contributed by atoms with Crippen LogP contribution < -0.4 is 4.74 Å². The van der Waals surface area contributed by atoms with Crippen LogP contribution in [0.1, 0.15) is 24.0 Å². The Bertz CT molecular complexity index is 1030. The monoisotopic (exact) mass is 440 g/mol. The molecule has 2 aliphatic rings. The molecule has 8 heteroatoms. The smallest absolute Gasteiger partial charge is 0.294 e. The first-order chi connectivity index (χ1) is 15.0. The van der Waals surface area contributed by atoms with Crippen LogP contribution in [-0.4, -0.2) is 46.5 Å². The highest BCUT2D eigenvalue weighted by molar-refractivity contribution is 8.18. The van der Waals surface area contributed by atoms with Gasteiger partial charge in [0, 0.05) is 18.7 Å². The summed E-state index contributed by atoms with van der Waals surface area (Å²) in [6.45, 7) is 1.24. The SMILES string of the molecule is O=C(CN1C(=O)S/C(=C\c2ccc(OCc3ccccc3F)cc2)C1=O)N1CCCC1. The van der Waals surface area contributed by atoms with E-state index < -0.39 is 11.1 Å². The summed E-state index contributed by atoms with van der Waals surface area (Å²) in [6, 6.07) is 13.3. The van der Waals surface area contributed by atoms with Gasteiger partial charge in [-0.05, 0) is 54.4 Å². The van der Waals surface area contributed by atoms with Crippen molar-refractivity contribution in [2.45, 2.75) is 19.4 Å². The Morgan fingerprint density at radius 2 is 1.77 bits per heavy atom. The molecule has 160 valence electrons. The van der Waals surface area contributed by atoms with Crippen LogP contribution in [0.15, 0.2) is 53.4 Å². The van der Waals surface area contributed by atoms with Crippen LogP contribution in [0.4, 0.5) is 9.18 Å². The number of rotatable bonds is 6. The highest BCUT2D eigenvalue weighted by Gasteiger charge is 2.37. The Hall–Kier alpha value is -3.13. The minimum Gasteiger partial charge on any atom is -0.489 e. The molecule has 3 amide bonds. The summed E-state index contributed by atoms with van der Waals surface area (Å²) >= 11 is 0.829. The van der Waals surface area contributed by atoms with Crippen molar-refractivity contribution >= 4 is 34.9 Å². The summed E-state index contributed by atoms with van der Waals surface area (Å²) in [4.78, 5) is 40.1. The van der Waals surface area contributed by atoms with Gasteiger partial charge in [-0.25, -0.2) is 4.39 Å². The lowest BCUT2D eigenvalue weighted by atomic mass is 10.2. The average Bonchev–Trinajstić information content (AvgIpc) is 3.39. The van der Waals surface area contributed by atoms with Crippen molar-refractivity contribution in [3.8, 4) is 5.75 Å². The Labute approximate surface area is 183 Å². The normalized spacial score (nSPS) is 17.6. The Balaban J connectivity index is 1.38. The average molecular weight is 440 g/mol. The fraction of sp³-hybridized carbons (Fsp3) is 0.261. The maximum Gasteiger partial charge on any atom is 0.294 e. The number of benzene rings is 2. The Kier molecular flexibility index (Phi) is 6.36. The molecule has 0 radical (unpaired) electrons. The number of halogens is 1. The van der Waals surface area contributed by atoms with Crippen molar-refractivity contribution in [1.82, 2.24) is 9.80 Å². The molecular weight excluding hydrogens is 419 g/mol. The summed E-state index contributed by atoms with van der Waals surface area (Å²) in [5.41, 5.74) is 1.18. The van der Waals surface area contributed by atoms with E-state index in [2.05, 4.69) is 0 Å². The van der Waals surface area contributed by atoms with Crippen LogP contribution in [0.3, 0.4) is 0 Å². The van der Waals surface area contributed by atoms with Gasteiger partial charge in [-0.2, -0.15) is 0 Å². The van der Waals surface area contributed by atoms with E-state index in [-0.39, 0.29) is 29.8 Å². The first-order valence-corrected chi connectivity index (χ1v) is 10.8. The number of hydrogen-bond donors (Lipinski definition) is 0. The molecule has 2 aromatic rings. The van der Waals surface area contributed by atoms with Gasteiger partial charge < -0.3 is 9.64 Å². The van der Waals surface area contributed by atoms with Gasteiger partial charge in [0.05, 0.1) is 4.91 Å². The molecule has 2 aromatic carbocycles. The van der Waals surface area contributed by atoms with E-state index in [4.69, 9.17) is 4.74 Å². The molecule has 0 spiro atoms. The third kappa shape index (κ3) is 4.96. The summed E-state index contributed by atoms with van der Waals surface area (Å²) in [6.07, 6.45) is 3.52. The molecule has 31 heavy (non-hydrogen) atoms. The summed E-state index contributed by atoms with van der Waals surface area (Å²) in [7, 11) is 0. The molecule has 0 bridgehead atoms. The number of amides is 3. The van der Waals surface area contributed by atoms with Gasteiger partial charge in [-0.3, -0.25) is 19.3 Å². The van der Waals surface area contributed by atoms with Gasteiger partial charge in [-0.15, -0.1) is 0 Å². The second-order valence-electron chi connectivity index (χ2n) is 7.30. The molecule has 2 heterocycles. The lowest BCUT2D eigenvalue weighted by Gasteiger charge is -2.18. The molecule has 2 fully saturated rings. The molecule has 0 aliphatic carbocycles. The van der Waals surface area contributed by atoms with E-state index in [1.54, 1.807) is 53.4 Å². The molecule has 6 nitrogen and oxygen atoms in total. The van der Waals surface area contributed by atoms with Crippen LogP contribution in [0.5, 0.6) is 5.75 Å². The highest BCUT2D eigenvalue weighted by Crippen LogP contribution is 2.32. The molecule has 2 aliphatic heterocycles. The minimum atomic E-state index is -0.456. The van der Waals surface area contributed by atoms with Crippen LogP contribution in [-0.2, 0) is 16.2 Å². The lowest BCUT2D eigenvalue weighted by Crippen LogP contribution is -2.40. The molecule has 0 unspecified atom stereocenters. The highest BCUT2D eigenvalue weighted by atomic mass is 32.2. The van der Waals surface area contributed by atoms with E-state index >= 15 is 0 Å². The Morgan fingerprint density at radius 1 is 1.06 bits per heavy atom. The zero-order chi connectivity index (χ0) is 21.8. The van der Waals surface area contributed by atoms with Crippen LogP contribution in [0, 0.1) is 5.82 Å². The number of ether oxygens (including phenoxy) is 1. The lowest BCUT2D eigenvalue weighted by molar-refractivity contribution is -0.135. The number of carbonyl (C=O) groups excluding carboxylic acids is 3. The maximum atomic E-state index is 13.7. The summed E-state index contributed by atoms with van der Waals surface area (Å²) in [5, 5.41) is -0.436. The van der Waals surface area contributed by atoms with Crippen molar-refractivity contribution in [3.05, 3.63) is 70.4 Å². The van der Waals surface area contributed by atoms with Gasteiger partial charge in [0.25, 0.3) is 11.1 Å². The maximum absolute atomic E-state index is 13.7. The van der Waals surface area contributed by atoms with E-state index in [1.807, 2.05) is 0 Å². The summed E-state index contributed by atoms with van der Waals surface area (Å²) < 4.78 is 19.3. The molecule has 2 saturated heterocycles. The second kappa shape index (κ2) is 9.34. The van der Waals surface area contributed by atoms with Crippen molar-refractivity contribution in [3.63, 3.8) is 0 Å². The third-order valence-corrected chi connectivity index (χ3v) is 6.06. The van der Waals surface area contributed by atoms with Gasteiger partial charge >= 0.3 is 0 Å². The van der Waals surface area contributed by atoms with E-state index in [1.165, 1.54) is 6.07 Å². The quantitative estimate of drug-likeness (QED) is 0.634. The predicted molar refractivity (Wildman–Crippen MR) is 116 cm³/mol. The minimum absolute atomic E-state index is 0.107. The van der Waals surface area contributed by atoms with Crippen LogP contribution >= 0.6 is 11.8 Å². The van der Waals surface area contributed by atoms with Crippen molar-refractivity contribution in [2.75, 3.05) is 19.6 Å². The summed E-state index contributed by atoms with van der Waals surface area (Å²) in [5.74, 6) is -0.414. The molecule has 0 atom stereocenters. The first-order valence-electron chi connectivity index (χ1n) is 10.0. The van der Waals surface area contributed by atoms with Crippen LogP contribution in [0.25, 0.3) is 6.08 Å². The molecule has 0 aromatic heterocycles. The number of nitrogens with zero attached hydrogens (tertiary/aromatic N) is 2. The number of imide groups is 1. The second-order valence-corrected chi connectivity index (χ2v) is 8.30. The predicted octanol–water partition coefficient (Wildman–Crippen LogP) is 4.06. The van der Waals surface area contributed by atoms with E-state index in [0.29, 0.717) is 24.4 Å². The van der Waals surface area contributed by atoms with Crippen molar-refractivity contribution in [2.24, 2.45) is 0 Å². The van der Waals surface area contributed by atoms with Gasteiger partial charge in [0.15, 0.2) is 0 Å². The number of carbonyl (C=O) groups is 3. The third-order valence-electron chi connectivity index (χ3n) is 5.16. The number of hydrogen-bond acceptors (Lipinski definition) is 5. The number of thioether (sulfide) groups is 1. The van der Waals surface area contributed by atoms with E-state index in [9.17, 15) is 18.8 Å². The van der Waals surface area contributed by atoms with E-state index in [0.717, 1.165) is 35.1 Å². The molecular formula is C23H21FN2O4S. The zero-order valence-corrected chi connectivity index (χ0v) is 17.6. The zero-order valence-electron chi connectivity index (χ0n) is 16.8. The molecule has 4 rings (SSSR count). The van der Waals surface area contributed by atoms with Gasteiger partial charge in [0.1, 0.15) is 24.7 Å². The fourth-order valence-corrected chi connectivity index (χ4v) is 4.26. The first kappa shape index (κ1) is 21.1. The topological polar surface area (TPSA) is 66.9 Å². The van der Waals surface area contributed by atoms with Gasteiger partial charge in [0.2, 0.25) is 5.91 Å². The fourth-order valence-electron chi connectivity index (χ4n) is 3.43. The van der Waals surface area contributed by atoms with Gasteiger partial charge in [-0.1, -0.05) is 30.3 Å². The standard InChI is InChI=1S/C23H21FN2O4S/c24-19-6-2-1-5-17(19)15-30-18-9-7-16(8-10-18)13-20-22(28)26(23(29)31-20)14-21(27)25-11-3-4-12-25/h1-2,5-10,13H,3-4,11-12,14-15H2/b20-13-. The molecule has 0 N–H and O–H groups in total. The number of likely N-dealkylation sites (tertiary alicyclic amines) is 1.